The summed E-state index contributed by atoms with van der Waals surface area (Å²) in [6, 6.07) is 8.68. The summed E-state index contributed by atoms with van der Waals surface area (Å²) >= 11 is 0. The van der Waals surface area contributed by atoms with Crippen LogP contribution in [0.1, 0.15) is 25.7 Å². The van der Waals surface area contributed by atoms with Gasteiger partial charge in [-0.3, -0.25) is 9.59 Å². The van der Waals surface area contributed by atoms with Crippen molar-refractivity contribution in [2.24, 2.45) is 0 Å². The number of benzene rings is 1. The van der Waals surface area contributed by atoms with Gasteiger partial charge < -0.3 is 24.1 Å². The van der Waals surface area contributed by atoms with Crippen molar-refractivity contribution in [3.63, 3.8) is 0 Å². The lowest BCUT2D eigenvalue weighted by Crippen LogP contribution is -2.41. The van der Waals surface area contributed by atoms with Gasteiger partial charge in [0.15, 0.2) is 16.9 Å². The molecule has 2 heterocycles. The fourth-order valence-corrected chi connectivity index (χ4v) is 3.46. The number of pyridine rings is 1. The van der Waals surface area contributed by atoms with Crippen molar-refractivity contribution in [1.29, 1.82) is 0 Å². The molecule has 1 aliphatic heterocycles. The Morgan fingerprint density at radius 2 is 1.81 bits per heavy atom. The fourth-order valence-electron chi connectivity index (χ4n) is 3.46. The number of ether oxygens (including phenoxy) is 3. The molecular formula is C20H22N2O5. The van der Waals surface area contributed by atoms with Crippen molar-refractivity contribution in [2.45, 2.75) is 44.4 Å². The summed E-state index contributed by atoms with van der Waals surface area (Å²) < 4.78 is 18.4. The number of carbonyl (C=O) groups excluding carboxylic acids is 1. The van der Waals surface area contributed by atoms with Crippen molar-refractivity contribution in [1.82, 2.24) is 9.88 Å². The van der Waals surface area contributed by atoms with E-state index in [0.29, 0.717) is 0 Å². The maximum Gasteiger partial charge on any atom is 0.240 e. The summed E-state index contributed by atoms with van der Waals surface area (Å²) in [5, 5.41) is 3.07. The summed E-state index contributed by atoms with van der Waals surface area (Å²) in [5.41, 5.74) is -0.0626. The molecule has 1 amide bonds. The van der Waals surface area contributed by atoms with E-state index >= 15 is 0 Å². The maximum atomic E-state index is 12.2. The fraction of sp³-hybridized carbons (Fsp3) is 0.400. The standard InChI is InChI=1S/C20H22N2O5/c23-15-7-9-22(10-8-15)12-20(24)21-14-1-3-16(4-2-14)27-17-5-6-18-19(11-17)26-13-25-18/h5-11,14,16H,1-4,12-13H2,(H,21,24). The number of fused-ring (bicyclic) bond motifs is 1. The second-order valence-corrected chi connectivity index (χ2v) is 6.88. The van der Waals surface area contributed by atoms with E-state index in [0.717, 1.165) is 42.9 Å². The molecule has 7 heteroatoms. The van der Waals surface area contributed by atoms with E-state index in [9.17, 15) is 9.59 Å². The van der Waals surface area contributed by atoms with Gasteiger partial charge in [-0.05, 0) is 37.8 Å². The summed E-state index contributed by atoms with van der Waals surface area (Å²) in [4.78, 5) is 23.3. The Hall–Kier alpha value is -2.96. The molecule has 7 nitrogen and oxygen atoms in total. The molecule has 0 atom stereocenters. The van der Waals surface area contributed by atoms with Crippen LogP contribution >= 0.6 is 0 Å². The highest BCUT2D eigenvalue weighted by molar-refractivity contribution is 5.76. The highest BCUT2D eigenvalue weighted by Gasteiger charge is 2.24. The zero-order valence-electron chi connectivity index (χ0n) is 14.9. The van der Waals surface area contributed by atoms with Crippen LogP contribution in [-0.2, 0) is 11.3 Å². The Labute approximate surface area is 156 Å². The highest BCUT2D eigenvalue weighted by atomic mass is 16.7. The monoisotopic (exact) mass is 370 g/mol. The number of amides is 1. The molecule has 0 saturated heterocycles. The molecule has 1 aromatic carbocycles. The predicted molar refractivity (Wildman–Crippen MR) is 98.1 cm³/mol. The molecule has 0 bridgehead atoms. The number of hydrogen-bond donors (Lipinski definition) is 1. The zero-order chi connectivity index (χ0) is 18.6. The van der Waals surface area contributed by atoms with Gasteiger partial charge >= 0.3 is 0 Å². The quantitative estimate of drug-likeness (QED) is 0.872. The molecule has 0 unspecified atom stereocenters. The van der Waals surface area contributed by atoms with Gasteiger partial charge in [0.05, 0.1) is 6.10 Å². The maximum absolute atomic E-state index is 12.2. The molecule has 27 heavy (non-hydrogen) atoms. The molecule has 4 rings (SSSR count). The minimum Gasteiger partial charge on any atom is -0.490 e. The second-order valence-electron chi connectivity index (χ2n) is 6.88. The number of hydrogen-bond acceptors (Lipinski definition) is 5. The summed E-state index contributed by atoms with van der Waals surface area (Å²) in [6.07, 6.45) is 6.92. The summed E-state index contributed by atoms with van der Waals surface area (Å²) in [6.45, 7) is 0.469. The van der Waals surface area contributed by atoms with Gasteiger partial charge in [0.25, 0.3) is 0 Å². The average molecular weight is 370 g/mol. The van der Waals surface area contributed by atoms with E-state index in [-0.39, 0.29) is 36.8 Å². The second kappa shape index (κ2) is 7.73. The van der Waals surface area contributed by atoms with Crippen molar-refractivity contribution in [3.05, 3.63) is 52.9 Å². The molecule has 1 fully saturated rings. The van der Waals surface area contributed by atoms with E-state index in [4.69, 9.17) is 14.2 Å². The van der Waals surface area contributed by atoms with E-state index in [2.05, 4.69) is 5.32 Å². The average Bonchev–Trinajstić information content (AvgIpc) is 3.13. The first-order chi connectivity index (χ1) is 13.2. The van der Waals surface area contributed by atoms with Crippen molar-refractivity contribution >= 4 is 5.91 Å². The van der Waals surface area contributed by atoms with Gasteiger partial charge in [0.1, 0.15) is 12.3 Å². The van der Waals surface area contributed by atoms with Gasteiger partial charge in [-0.25, -0.2) is 0 Å². The first kappa shape index (κ1) is 17.5. The predicted octanol–water partition coefficient (Wildman–Crippen LogP) is 2.08. The number of rotatable bonds is 5. The number of nitrogens with zero attached hydrogens (tertiary/aromatic N) is 1. The first-order valence-corrected chi connectivity index (χ1v) is 9.17. The van der Waals surface area contributed by atoms with Crippen molar-refractivity contribution in [2.75, 3.05) is 6.79 Å². The molecule has 2 aliphatic rings. The van der Waals surface area contributed by atoms with Crippen LogP contribution in [0, 0.1) is 0 Å². The first-order valence-electron chi connectivity index (χ1n) is 9.17. The van der Waals surface area contributed by atoms with E-state index in [1.165, 1.54) is 12.1 Å². The van der Waals surface area contributed by atoms with Crippen LogP contribution in [0.5, 0.6) is 17.2 Å². The van der Waals surface area contributed by atoms with Crippen LogP contribution < -0.4 is 25.0 Å². The Morgan fingerprint density at radius 1 is 1.07 bits per heavy atom. The lowest BCUT2D eigenvalue weighted by molar-refractivity contribution is -0.122. The Bertz CT molecular complexity index is 850. The van der Waals surface area contributed by atoms with Gasteiger partial charge in [0.2, 0.25) is 12.7 Å². The van der Waals surface area contributed by atoms with Crippen LogP contribution in [0.25, 0.3) is 0 Å². The van der Waals surface area contributed by atoms with E-state index in [1.54, 1.807) is 17.0 Å². The molecule has 1 aliphatic carbocycles. The molecular weight excluding hydrogens is 348 g/mol. The van der Waals surface area contributed by atoms with Crippen LogP contribution in [0.2, 0.25) is 0 Å². The Morgan fingerprint density at radius 3 is 2.59 bits per heavy atom. The smallest absolute Gasteiger partial charge is 0.240 e. The summed E-state index contributed by atoms with van der Waals surface area (Å²) in [7, 11) is 0. The van der Waals surface area contributed by atoms with Gasteiger partial charge in [-0.1, -0.05) is 0 Å². The van der Waals surface area contributed by atoms with Crippen molar-refractivity contribution < 1.29 is 19.0 Å². The summed E-state index contributed by atoms with van der Waals surface area (Å²) in [5.74, 6) is 2.20. The third kappa shape index (κ3) is 4.42. The number of carbonyl (C=O) groups is 1. The largest absolute Gasteiger partial charge is 0.490 e. The molecule has 0 radical (unpaired) electrons. The Kier molecular flexibility index (Phi) is 5.00. The topological polar surface area (TPSA) is 78.8 Å². The van der Waals surface area contributed by atoms with E-state index in [1.807, 2.05) is 18.2 Å². The third-order valence-corrected chi connectivity index (χ3v) is 4.87. The minimum absolute atomic E-state index is 0.0428. The zero-order valence-corrected chi connectivity index (χ0v) is 14.9. The normalized spacial score (nSPS) is 20.9. The van der Waals surface area contributed by atoms with E-state index < -0.39 is 0 Å². The van der Waals surface area contributed by atoms with Crippen LogP contribution in [0.3, 0.4) is 0 Å². The molecule has 0 spiro atoms. The molecule has 1 saturated carbocycles. The lowest BCUT2D eigenvalue weighted by Gasteiger charge is -2.29. The number of aromatic nitrogens is 1. The van der Waals surface area contributed by atoms with Crippen LogP contribution in [0.4, 0.5) is 0 Å². The van der Waals surface area contributed by atoms with Crippen LogP contribution in [-0.4, -0.2) is 29.4 Å². The number of nitrogens with one attached hydrogen (secondary N) is 1. The minimum atomic E-state index is -0.0626. The van der Waals surface area contributed by atoms with Crippen molar-refractivity contribution in [3.8, 4) is 17.2 Å². The lowest BCUT2D eigenvalue weighted by atomic mass is 9.93. The molecule has 142 valence electrons. The third-order valence-electron chi connectivity index (χ3n) is 4.87. The molecule has 1 N–H and O–H groups in total. The van der Waals surface area contributed by atoms with Gasteiger partial charge in [-0.2, -0.15) is 0 Å². The van der Waals surface area contributed by atoms with Crippen LogP contribution in [0.15, 0.2) is 47.5 Å². The van der Waals surface area contributed by atoms with Gasteiger partial charge in [0, 0.05) is 36.6 Å². The highest BCUT2D eigenvalue weighted by Crippen LogP contribution is 2.36. The molecule has 2 aromatic rings. The van der Waals surface area contributed by atoms with Gasteiger partial charge in [-0.15, -0.1) is 0 Å². The Balaban J connectivity index is 1.23. The molecule has 1 aromatic heterocycles. The SMILES string of the molecule is O=C(Cn1ccc(=O)cc1)NC1CCC(Oc2ccc3c(c2)OCO3)CC1.